The number of para-hydroxylation sites is 2. The van der Waals surface area contributed by atoms with Crippen LogP contribution in [0.25, 0.3) is 32.3 Å². The van der Waals surface area contributed by atoms with Crippen LogP contribution in [-0.4, -0.2) is 64.6 Å². The number of ether oxygens (including phenoxy) is 1. The summed E-state index contributed by atoms with van der Waals surface area (Å²) in [6.07, 6.45) is 5.82. The number of aromatic nitrogens is 4. The van der Waals surface area contributed by atoms with Gasteiger partial charge in [-0.1, -0.05) is 12.1 Å². The molecule has 0 unspecified atom stereocenters. The van der Waals surface area contributed by atoms with E-state index in [-0.39, 0.29) is 29.6 Å². The Kier molecular flexibility index (Phi) is 7.66. The van der Waals surface area contributed by atoms with Gasteiger partial charge in [0.05, 0.1) is 27.2 Å². The zero-order valence-corrected chi connectivity index (χ0v) is 28.7. The van der Waals surface area contributed by atoms with Gasteiger partial charge in [-0.05, 0) is 86.3 Å². The highest BCUT2D eigenvalue weighted by atomic mass is 32.1. The minimum Gasteiger partial charge on any atom is -0.381 e. The number of fused-ring (bicyclic) bond motifs is 4. The molecule has 9 rings (SSSR count). The fourth-order valence-corrected chi connectivity index (χ4v) is 8.66. The molecule has 3 aliphatic rings. The van der Waals surface area contributed by atoms with Gasteiger partial charge in [0.25, 0.3) is 11.8 Å². The van der Waals surface area contributed by atoms with E-state index in [1.54, 1.807) is 47.6 Å². The van der Waals surface area contributed by atoms with Crippen molar-refractivity contribution in [2.24, 2.45) is 5.41 Å². The standard InChI is InChI=1S/C39H34FN7O3S/c1-23-19-27(36(42-20-23)46-21-39(22-46)13-17-50-18-14-39)37(48)43-25-10-8-24(9-11-25)38(49)47-16-12-26-31(40)34(35-44-28-5-2-3-6-29(28)45-35)51-33(26)32-30(47)7-4-15-41-32/h2-11,15,19-20H,12-14,16-18,21-22H2,1H3,(H,43,48)(H,44,45). The van der Waals surface area contributed by atoms with E-state index >= 15 is 4.39 Å². The largest absolute Gasteiger partial charge is 0.381 e. The molecular weight excluding hydrogens is 666 g/mol. The van der Waals surface area contributed by atoms with Crippen LogP contribution < -0.4 is 15.1 Å². The van der Waals surface area contributed by atoms with Crippen LogP contribution in [0.2, 0.25) is 0 Å². The number of carbonyl (C=O) groups is 2. The van der Waals surface area contributed by atoms with E-state index in [2.05, 4.69) is 30.2 Å². The number of carbonyl (C=O) groups excluding carboxylic acids is 2. The smallest absolute Gasteiger partial charge is 0.259 e. The first-order chi connectivity index (χ1) is 24.9. The number of benzene rings is 2. The average molecular weight is 700 g/mol. The Hall–Kier alpha value is -5.46. The summed E-state index contributed by atoms with van der Waals surface area (Å²) in [6.45, 7) is 5.48. The first kappa shape index (κ1) is 31.5. The van der Waals surface area contributed by atoms with E-state index in [9.17, 15) is 9.59 Å². The van der Waals surface area contributed by atoms with Crippen molar-refractivity contribution in [3.8, 4) is 21.3 Å². The van der Waals surface area contributed by atoms with E-state index in [1.807, 2.05) is 43.3 Å². The third kappa shape index (κ3) is 5.55. The fourth-order valence-electron chi connectivity index (χ4n) is 7.48. The van der Waals surface area contributed by atoms with Gasteiger partial charge in [0, 0.05) is 67.5 Å². The number of hydrogen-bond donors (Lipinski definition) is 2. The van der Waals surface area contributed by atoms with Crippen molar-refractivity contribution in [1.82, 2.24) is 19.9 Å². The molecule has 7 heterocycles. The highest BCUT2D eigenvalue weighted by Crippen LogP contribution is 2.46. The topological polar surface area (TPSA) is 116 Å². The zero-order valence-electron chi connectivity index (χ0n) is 27.9. The lowest BCUT2D eigenvalue weighted by atomic mass is 9.73. The average Bonchev–Trinajstić information content (AvgIpc) is 3.67. The molecule has 2 aromatic carbocycles. The molecule has 1 spiro atoms. The molecule has 2 saturated heterocycles. The van der Waals surface area contributed by atoms with Crippen LogP contribution in [0.1, 0.15) is 44.7 Å². The van der Waals surface area contributed by atoms with Crippen LogP contribution in [0.15, 0.2) is 79.1 Å². The number of anilines is 3. The second-order valence-corrected chi connectivity index (χ2v) is 14.6. The van der Waals surface area contributed by atoms with Crippen LogP contribution in [0.4, 0.5) is 21.6 Å². The lowest BCUT2D eigenvalue weighted by Crippen LogP contribution is -2.59. The van der Waals surface area contributed by atoms with Crippen molar-refractivity contribution < 1.29 is 18.7 Å². The Morgan fingerprint density at radius 3 is 2.61 bits per heavy atom. The second kappa shape index (κ2) is 12.4. The number of H-pyrrole nitrogens is 1. The van der Waals surface area contributed by atoms with E-state index in [1.165, 1.54) is 11.3 Å². The van der Waals surface area contributed by atoms with Crippen LogP contribution in [-0.2, 0) is 11.2 Å². The quantitative estimate of drug-likeness (QED) is 0.195. The molecule has 2 amide bonds. The van der Waals surface area contributed by atoms with Gasteiger partial charge in [0.15, 0.2) is 5.82 Å². The number of pyridine rings is 2. The summed E-state index contributed by atoms with van der Waals surface area (Å²) in [6, 6.07) is 20.0. The number of nitrogens with one attached hydrogen (secondary N) is 2. The molecule has 0 atom stereocenters. The monoisotopic (exact) mass is 699 g/mol. The van der Waals surface area contributed by atoms with E-state index in [0.717, 1.165) is 55.7 Å². The van der Waals surface area contributed by atoms with Crippen molar-refractivity contribution in [2.45, 2.75) is 26.2 Å². The van der Waals surface area contributed by atoms with Crippen molar-refractivity contribution in [3.05, 3.63) is 107 Å². The molecule has 0 saturated carbocycles. The number of halogens is 1. The van der Waals surface area contributed by atoms with E-state index in [0.29, 0.717) is 61.6 Å². The molecule has 2 N–H and O–H groups in total. The lowest BCUT2D eigenvalue weighted by Gasteiger charge is -2.53. The van der Waals surface area contributed by atoms with Crippen molar-refractivity contribution in [2.75, 3.05) is 48.0 Å². The Morgan fingerprint density at radius 1 is 1.00 bits per heavy atom. The summed E-state index contributed by atoms with van der Waals surface area (Å²) >= 11 is 1.29. The summed E-state index contributed by atoms with van der Waals surface area (Å²) in [5.41, 5.74) is 5.97. The maximum Gasteiger partial charge on any atom is 0.259 e. The van der Waals surface area contributed by atoms with Gasteiger partial charge in [0.2, 0.25) is 0 Å². The first-order valence-electron chi connectivity index (χ1n) is 17.1. The number of aryl methyl sites for hydroxylation is 1. The van der Waals surface area contributed by atoms with Gasteiger partial charge in [0.1, 0.15) is 22.2 Å². The number of imidazole rings is 1. The van der Waals surface area contributed by atoms with Gasteiger partial charge < -0.3 is 24.8 Å². The minimum absolute atomic E-state index is 0.236. The fraction of sp³-hybridized carbons (Fsp3) is 0.256. The number of nitrogens with zero attached hydrogens (tertiary/aromatic N) is 5. The highest BCUT2D eigenvalue weighted by Gasteiger charge is 2.45. The van der Waals surface area contributed by atoms with Crippen LogP contribution in [0.3, 0.4) is 0 Å². The van der Waals surface area contributed by atoms with E-state index < -0.39 is 0 Å². The Balaban J connectivity index is 0.939. The summed E-state index contributed by atoms with van der Waals surface area (Å²) in [5.74, 6) is 0.327. The van der Waals surface area contributed by atoms with E-state index in [4.69, 9.17) is 4.74 Å². The summed E-state index contributed by atoms with van der Waals surface area (Å²) in [5, 5.41) is 3.00. The first-order valence-corrected chi connectivity index (χ1v) is 17.9. The van der Waals surface area contributed by atoms with Crippen molar-refractivity contribution in [1.29, 1.82) is 0 Å². The second-order valence-electron chi connectivity index (χ2n) is 13.6. The molecule has 51 heavy (non-hydrogen) atoms. The third-order valence-electron chi connectivity index (χ3n) is 10.2. The molecule has 256 valence electrons. The molecule has 0 radical (unpaired) electrons. The van der Waals surface area contributed by atoms with Crippen LogP contribution in [0.5, 0.6) is 0 Å². The number of thiophene rings is 1. The van der Waals surface area contributed by atoms with Gasteiger partial charge >= 0.3 is 0 Å². The third-order valence-corrected chi connectivity index (χ3v) is 11.4. The predicted molar refractivity (Wildman–Crippen MR) is 196 cm³/mol. The number of amides is 2. The molecule has 0 aliphatic carbocycles. The Bertz CT molecular complexity index is 2290. The lowest BCUT2D eigenvalue weighted by molar-refractivity contribution is -0.000510. The summed E-state index contributed by atoms with van der Waals surface area (Å²) < 4.78 is 21.7. The van der Waals surface area contributed by atoms with Crippen molar-refractivity contribution in [3.63, 3.8) is 0 Å². The maximum atomic E-state index is 16.1. The molecule has 6 aromatic rings. The maximum absolute atomic E-state index is 16.1. The van der Waals surface area contributed by atoms with Gasteiger partial charge in [-0.15, -0.1) is 11.3 Å². The number of hydrogen-bond acceptors (Lipinski definition) is 8. The molecular formula is C39H34FN7O3S. The number of rotatable bonds is 5. The molecule has 0 bridgehead atoms. The molecule has 10 nitrogen and oxygen atoms in total. The molecule has 3 aliphatic heterocycles. The molecule has 2 fully saturated rings. The summed E-state index contributed by atoms with van der Waals surface area (Å²) in [7, 11) is 0. The molecule has 4 aromatic heterocycles. The van der Waals surface area contributed by atoms with Gasteiger partial charge in [-0.2, -0.15) is 0 Å². The predicted octanol–water partition coefficient (Wildman–Crippen LogP) is 7.27. The SMILES string of the molecule is Cc1cnc(N2CC3(CCOCC3)C2)c(C(=O)Nc2ccc(C(=O)N3CCc4c(sc(-c5nc6ccccc6[nH]5)c4F)-c4ncccc43)cc2)c1. The van der Waals surface area contributed by atoms with Crippen LogP contribution in [0, 0.1) is 18.2 Å². The summed E-state index contributed by atoms with van der Waals surface area (Å²) in [4.78, 5) is 49.7. The minimum atomic E-state index is -0.343. The van der Waals surface area contributed by atoms with Crippen LogP contribution >= 0.6 is 11.3 Å². The highest BCUT2D eigenvalue weighted by molar-refractivity contribution is 7.19. The van der Waals surface area contributed by atoms with Gasteiger partial charge in [-0.25, -0.2) is 14.4 Å². The zero-order chi connectivity index (χ0) is 34.7. The number of aromatic amines is 1. The Morgan fingerprint density at radius 2 is 1.80 bits per heavy atom. The Labute approximate surface area is 297 Å². The normalized spacial score (nSPS) is 16.4. The van der Waals surface area contributed by atoms with Crippen molar-refractivity contribution >= 4 is 51.4 Å². The molecule has 12 heteroatoms. The van der Waals surface area contributed by atoms with Gasteiger partial charge in [-0.3, -0.25) is 14.6 Å².